The van der Waals surface area contributed by atoms with Gasteiger partial charge in [-0.25, -0.2) is 22.7 Å². The number of amides is 1. The minimum atomic E-state index is -3.67. The summed E-state index contributed by atoms with van der Waals surface area (Å²) in [6, 6.07) is 15.3. The highest BCUT2D eigenvalue weighted by Crippen LogP contribution is 2.23. The average Bonchev–Trinajstić information content (AvgIpc) is 3.22. The van der Waals surface area contributed by atoms with Crippen LogP contribution in [0.25, 0.3) is 17.0 Å². The van der Waals surface area contributed by atoms with E-state index in [0.717, 1.165) is 30.2 Å². The van der Waals surface area contributed by atoms with Crippen LogP contribution in [-0.4, -0.2) is 31.2 Å². The third kappa shape index (κ3) is 4.46. The Bertz CT molecular complexity index is 1160. The SMILES string of the molecule is O=C(/C=C/c1ccc2c(ccn2S(=O)(=O)c2ccccc2)c1)NO[C@H]1CCCCO1. The molecule has 1 aliphatic heterocycles. The molecule has 2 aromatic carbocycles. The van der Waals surface area contributed by atoms with Gasteiger partial charge in [-0.1, -0.05) is 24.3 Å². The van der Waals surface area contributed by atoms with Gasteiger partial charge in [-0.3, -0.25) is 4.79 Å². The molecule has 1 N–H and O–H groups in total. The monoisotopic (exact) mass is 426 g/mol. The van der Waals surface area contributed by atoms with Crippen LogP contribution in [0.15, 0.2) is 71.8 Å². The van der Waals surface area contributed by atoms with Crippen molar-refractivity contribution in [2.75, 3.05) is 6.61 Å². The molecule has 30 heavy (non-hydrogen) atoms. The number of carbonyl (C=O) groups excluding carboxylic acids is 1. The minimum absolute atomic E-state index is 0.227. The van der Waals surface area contributed by atoms with Crippen molar-refractivity contribution in [1.82, 2.24) is 9.45 Å². The number of ether oxygens (including phenoxy) is 1. The van der Waals surface area contributed by atoms with Crippen LogP contribution in [-0.2, 0) is 24.4 Å². The van der Waals surface area contributed by atoms with Crippen LogP contribution in [0.3, 0.4) is 0 Å². The number of hydrogen-bond donors (Lipinski definition) is 1. The quantitative estimate of drug-likeness (QED) is 0.482. The molecule has 3 aromatic rings. The lowest BCUT2D eigenvalue weighted by atomic mass is 10.1. The summed E-state index contributed by atoms with van der Waals surface area (Å²) >= 11 is 0. The summed E-state index contributed by atoms with van der Waals surface area (Å²) in [5.41, 5.74) is 3.70. The largest absolute Gasteiger partial charge is 0.350 e. The van der Waals surface area contributed by atoms with E-state index in [1.54, 1.807) is 54.6 Å². The lowest BCUT2D eigenvalue weighted by molar-refractivity contribution is -0.198. The number of aromatic nitrogens is 1. The van der Waals surface area contributed by atoms with Crippen LogP contribution in [0.4, 0.5) is 0 Å². The molecule has 1 aliphatic rings. The normalized spacial score (nSPS) is 17.4. The molecule has 1 atom stereocenters. The molecule has 0 aliphatic carbocycles. The summed E-state index contributed by atoms with van der Waals surface area (Å²) in [5.74, 6) is -0.395. The van der Waals surface area contributed by atoms with E-state index in [2.05, 4.69) is 5.48 Å². The number of carbonyl (C=O) groups is 1. The minimum Gasteiger partial charge on any atom is -0.350 e. The summed E-state index contributed by atoms with van der Waals surface area (Å²) in [6.45, 7) is 0.635. The fourth-order valence-electron chi connectivity index (χ4n) is 3.29. The number of nitrogens with zero attached hydrogens (tertiary/aromatic N) is 1. The Morgan fingerprint density at radius 2 is 1.97 bits per heavy atom. The zero-order valence-corrected chi connectivity index (χ0v) is 17.0. The second-order valence-electron chi connectivity index (χ2n) is 6.96. The zero-order valence-electron chi connectivity index (χ0n) is 16.2. The molecular weight excluding hydrogens is 404 g/mol. The highest BCUT2D eigenvalue weighted by Gasteiger charge is 2.18. The lowest BCUT2D eigenvalue weighted by Crippen LogP contribution is -2.32. The molecule has 0 saturated carbocycles. The molecule has 1 saturated heterocycles. The molecule has 156 valence electrons. The Labute approximate surface area is 174 Å². The molecule has 0 spiro atoms. The van der Waals surface area contributed by atoms with E-state index < -0.39 is 22.2 Å². The van der Waals surface area contributed by atoms with Crippen molar-refractivity contribution < 1.29 is 22.8 Å². The highest BCUT2D eigenvalue weighted by molar-refractivity contribution is 7.90. The van der Waals surface area contributed by atoms with Gasteiger partial charge in [0.25, 0.3) is 15.9 Å². The van der Waals surface area contributed by atoms with Crippen LogP contribution < -0.4 is 5.48 Å². The van der Waals surface area contributed by atoms with Crippen molar-refractivity contribution in [3.05, 3.63) is 72.4 Å². The third-order valence-electron chi connectivity index (χ3n) is 4.83. The van der Waals surface area contributed by atoms with Gasteiger partial charge in [0.15, 0.2) is 6.29 Å². The van der Waals surface area contributed by atoms with E-state index in [9.17, 15) is 13.2 Å². The summed E-state index contributed by atoms with van der Waals surface area (Å²) in [7, 11) is -3.67. The Hall–Kier alpha value is -2.94. The van der Waals surface area contributed by atoms with Crippen molar-refractivity contribution in [3.63, 3.8) is 0 Å². The third-order valence-corrected chi connectivity index (χ3v) is 6.54. The topological polar surface area (TPSA) is 86.6 Å². The molecule has 1 fully saturated rings. The molecular formula is C22H22N2O5S. The number of fused-ring (bicyclic) bond motifs is 1. The van der Waals surface area contributed by atoms with E-state index in [0.29, 0.717) is 12.1 Å². The van der Waals surface area contributed by atoms with Crippen LogP contribution in [0, 0.1) is 0 Å². The standard InChI is InChI=1S/C22H22N2O5S/c25-21(23-29-22-8-4-5-15-28-22)12-10-17-9-11-20-18(16-17)13-14-24(20)30(26,27)19-6-2-1-3-7-19/h1-3,6-7,9-14,16,22H,4-5,8,15H2,(H,23,25)/b12-10+/t22-/m0/s1. The zero-order chi connectivity index (χ0) is 21.0. The van der Waals surface area contributed by atoms with E-state index in [-0.39, 0.29) is 4.90 Å². The molecule has 1 aromatic heterocycles. The molecule has 2 heterocycles. The van der Waals surface area contributed by atoms with Crippen LogP contribution in [0.2, 0.25) is 0 Å². The van der Waals surface area contributed by atoms with Crippen LogP contribution >= 0.6 is 0 Å². The Kier molecular flexibility index (Phi) is 5.98. The summed E-state index contributed by atoms with van der Waals surface area (Å²) < 4.78 is 32.4. The van der Waals surface area contributed by atoms with Gasteiger partial charge < -0.3 is 4.74 Å². The fraction of sp³-hybridized carbons (Fsp3) is 0.227. The molecule has 0 radical (unpaired) electrons. The fourth-order valence-corrected chi connectivity index (χ4v) is 4.66. The van der Waals surface area contributed by atoms with Gasteiger partial charge in [-0.2, -0.15) is 0 Å². The molecule has 1 amide bonds. The molecule has 4 rings (SSSR count). The molecule has 0 unspecified atom stereocenters. The Morgan fingerprint density at radius 1 is 1.13 bits per heavy atom. The van der Waals surface area contributed by atoms with Gasteiger partial charge in [-0.05, 0) is 54.8 Å². The first kappa shape index (κ1) is 20.3. The Balaban J connectivity index is 1.47. The highest BCUT2D eigenvalue weighted by atomic mass is 32.2. The summed E-state index contributed by atoms with van der Waals surface area (Å²) in [6.07, 6.45) is 6.90. The lowest BCUT2D eigenvalue weighted by Gasteiger charge is -2.21. The predicted octanol–water partition coefficient (Wildman–Crippen LogP) is 3.47. The van der Waals surface area contributed by atoms with Crippen molar-refractivity contribution in [1.29, 1.82) is 0 Å². The van der Waals surface area contributed by atoms with Crippen molar-refractivity contribution in [2.45, 2.75) is 30.4 Å². The summed E-state index contributed by atoms with van der Waals surface area (Å²) in [5, 5.41) is 0.754. The van der Waals surface area contributed by atoms with Gasteiger partial charge in [0.1, 0.15) is 0 Å². The smallest absolute Gasteiger partial charge is 0.268 e. The number of hydrogen-bond acceptors (Lipinski definition) is 5. The van der Waals surface area contributed by atoms with Crippen molar-refractivity contribution >= 4 is 32.9 Å². The second kappa shape index (κ2) is 8.83. The maximum absolute atomic E-state index is 12.9. The molecule has 0 bridgehead atoms. The maximum atomic E-state index is 12.9. The first-order valence-corrected chi connectivity index (χ1v) is 11.1. The number of hydroxylamine groups is 1. The van der Waals surface area contributed by atoms with Gasteiger partial charge in [-0.15, -0.1) is 0 Å². The summed E-state index contributed by atoms with van der Waals surface area (Å²) in [4.78, 5) is 17.4. The second-order valence-corrected chi connectivity index (χ2v) is 8.78. The number of benzene rings is 2. The average molecular weight is 426 g/mol. The molecule has 7 nitrogen and oxygen atoms in total. The van der Waals surface area contributed by atoms with Crippen LogP contribution in [0.1, 0.15) is 24.8 Å². The van der Waals surface area contributed by atoms with E-state index in [1.807, 2.05) is 6.07 Å². The number of nitrogens with one attached hydrogen (secondary N) is 1. The van der Waals surface area contributed by atoms with Gasteiger partial charge >= 0.3 is 0 Å². The number of rotatable bonds is 6. The van der Waals surface area contributed by atoms with E-state index >= 15 is 0 Å². The van der Waals surface area contributed by atoms with Crippen molar-refractivity contribution in [2.24, 2.45) is 0 Å². The maximum Gasteiger partial charge on any atom is 0.268 e. The van der Waals surface area contributed by atoms with Crippen molar-refractivity contribution in [3.8, 4) is 0 Å². The van der Waals surface area contributed by atoms with Gasteiger partial charge in [0.2, 0.25) is 0 Å². The Morgan fingerprint density at radius 3 is 2.73 bits per heavy atom. The van der Waals surface area contributed by atoms with E-state index in [1.165, 1.54) is 16.2 Å². The first-order chi connectivity index (χ1) is 14.5. The molecule has 8 heteroatoms. The first-order valence-electron chi connectivity index (χ1n) is 9.71. The van der Waals surface area contributed by atoms with Gasteiger partial charge in [0, 0.05) is 30.7 Å². The van der Waals surface area contributed by atoms with Gasteiger partial charge in [0.05, 0.1) is 10.4 Å². The predicted molar refractivity (Wildman–Crippen MR) is 113 cm³/mol. The van der Waals surface area contributed by atoms with Crippen LogP contribution in [0.5, 0.6) is 0 Å². The van der Waals surface area contributed by atoms with E-state index in [4.69, 9.17) is 9.57 Å².